The fourth-order valence-corrected chi connectivity index (χ4v) is 1.05. The minimum atomic E-state index is -0.305. The van der Waals surface area contributed by atoms with E-state index in [0.29, 0.717) is 5.69 Å². The van der Waals surface area contributed by atoms with E-state index in [0.717, 1.165) is 0 Å². The van der Waals surface area contributed by atoms with Crippen LogP contribution in [-0.4, -0.2) is 13.0 Å². The van der Waals surface area contributed by atoms with Gasteiger partial charge in [0.1, 0.15) is 5.82 Å². The van der Waals surface area contributed by atoms with Gasteiger partial charge in [0.25, 0.3) is 0 Å². The lowest BCUT2D eigenvalue weighted by Crippen LogP contribution is -2.23. The van der Waals surface area contributed by atoms with Crippen LogP contribution in [-0.2, 0) is 4.79 Å². The van der Waals surface area contributed by atoms with Crippen LogP contribution in [0.25, 0.3) is 0 Å². The van der Waals surface area contributed by atoms with Gasteiger partial charge >= 0.3 is 0 Å². The highest BCUT2D eigenvalue weighted by molar-refractivity contribution is 6.00. The van der Waals surface area contributed by atoms with Crippen molar-refractivity contribution in [2.75, 3.05) is 11.9 Å². The SMILES string of the molecule is C/C=C/C(=O)N(C)c1ccc(F)cc1. The van der Waals surface area contributed by atoms with Crippen LogP contribution >= 0.6 is 0 Å². The number of allylic oxidation sites excluding steroid dienone is 1. The molecule has 0 aliphatic heterocycles. The van der Waals surface area contributed by atoms with Crippen molar-refractivity contribution in [3.05, 3.63) is 42.2 Å². The number of nitrogens with zero attached hydrogens (tertiary/aromatic N) is 1. The third kappa shape index (κ3) is 2.42. The fourth-order valence-electron chi connectivity index (χ4n) is 1.05. The van der Waals surface area contributed by atoms with Gasteiger partial charge in [0.15, 0.2) is 0 Å². The summed E-state index contributed by atoms with van der Waals surface area (Å²) in [6.45, 7) is 1.77. The monoisotopic (exact) mass is 193 g/mol. The van der Waals surface area contributed by atoms with E-state index in [2.05, 4.69) is 0 Å². The van der Waals surface area contributed by atoms with Gasteiger partial charge in [0.2, 0.25) is 5.91 Å². The average molecular weight is 193 g/mol. The molecule has 0 spiro atoms. The lowest BCUT2D eigenvalue weighted by Gasteiger charge is -2.14. The Morgan fingerprint density at radius 2 is 1.93 bits per heavy atom. The number of benzene rings is 1. The second-order valence-electron chi connectivity index (χ2n) is 2.87. The van der Waals surface area contributed by atoms with Crippen molar-refractivity contribution >= 4 is 11.6 Å². The molecule has 1 rings (SSSR count). The Kier molecular flexibility index (Phi) is 3.40. The minimum Gasteiger partial charge on any atom is -0.312 e. The molecule has 2 nitrogen and oxygen atoms in total. The summed E-state index contributed by atoms with van der Waals surface area (Å²) in [5.74, 6) is -0.431. The van der Waals surface area contributed by atoms with E-state index in [9.17, 15) is 9.18 Å². The van der Waals surface area contributed by atoms with Crippen LogP contribution in [0.3, 0.4) is 0 Å². The molecule has 0 aliphatic carbocycles. The molecule has 14 heavy (non-hydrogen) atoms. The van der Waals surface area contributed by atoms with Gasteiger partial charge < -0.3 is 4.90 Å². The molecule has 0 atom stereocenters. The molecule has 0 saturated heterocycles. The summed E-state index contributed by atoms with van der Waals surface area (Å²) in [6, 6.07) is 5.79. The van der Waals surface area contributed by atoms with Gasteiger partial charge in [-0.05, 0) is 37.3 Å². The topological polar surface area (TPSA) is 20.3 Å². The van der Waals surface area contributed by atoms with Crippen molar-refractivity contribution < 1.29 is 9.18 Å². The third-order valence-electron chi connectivity index (χ3n) is 1.85. The molecule has 0 unspecified atom stereocenters. The molecule has 74 valence electrons. The first kappa shape index (κ1) is 10.4. The van der Waals surface area contributed by atoms with E-state index in [1.54, 1.807) is 32.2 Å². The van der Waals surface area contributed by atoms with Gasteiger partial charge in [0, 0.05) is 12.7 Å². The second kappa shape index (κ2) is 4.56. The predicted molar refractivity (Wildman–Crippen MR) is 54.6 cm³/mol. The Balaban J connectivity index is 2.84. The van der Waals surface area contributed by atoms with E-state index < -0.39 is 0 Å². The number of amides is 1. The van der Waals surface area contributed by atoms with E-state index >= 15 is 0 Å². The van der Waals surface area contributed by atoms with Crippen molar-refractivity contribution in [1.29, 1.82) is 0 Å². The molecule has 3 heteroatoms. The van der Waals surface area contributed by atoms with Crippen LogP contribution in [0.5, 0.6) is 0 Å². The molecule has 0 fully saturated rings. The van der Waals surface area contributed by atoms with Gasteiger partial charge in [0.05, 0.1) is 0 Å². The average Bonchev–Trinajstić information content (AvgIpc) is 2.18. The molecular weight excluding hydrogens is 181 g/mol. The van der Waals surface area contributed by atoms with E-state index in [1.165, 1.54) is 23.1 Å². The van der Waals surface area contributed by atoms with Gasteiger partial charge in [-0.1, -0.05) is 6.08 Å². The van der Waals surface area contributed by atoms with Gasteiger partial charge in [-0.25, -0.2) is 4.39 Å². The van der Waals surface area contributed by atoms with E-state index in [4.69, 9.17) is 0 Å². The van der Waals surface area contributed by atoms with Gasteiger partial charge in [-0.2, -0.15) is 0 Å². The van der Waals surface area contributed by atoms with E-state index in [1.807, 2.05) is 0 Å². The normalized spacial score (nSPS) is 10.5. The van der Waals surface area contributed by atoms with Crippen molar-refractivity contribution in [2.45, 2.75) is 6.92 Å². The highest BCUT2D eigenvalue weighted by Gasteiger charge is 2.06. The predicted octanol–water partition coefficient (Wildman–Crippen LogP) is 2.36. The Labute approximate surface area is 82.7 Å². The van der Waals surface area contributed by atoms with Gasteiger partial charge in [-0.3, -0.25) is 4.79 Å². The summed E-state index contributed by atoms with van der Waals surface area (Å²) in [4.78, 5) is 12.8. The lowest BCUT2D eigenvalue weighted by atomic mass is 10.3. The maximum atomic E-state index is 12.6. The smallest absolute Gasteiger partial charge is 0.250 e. The molecule has 1 aromatic rings. The van der Waals surface area contributed by atoms with Crippen molar-refractivity contribution in [1.82, 2.24) is 0 Å². The maximum absolute atomic E-state index is 12.6. The molecule has 0 N–H and O–H groups in total. The molecule has 0 bridgehead atoms. The Morgan fingerprint density at radius 1 is 1.36 bits per heavy atom. The zero-order valence-electron chi connectivity index (χ0n) is 8.20. The molecule has 0 heterocycles. The Bertz CT molecular complexity index is 343. The number of anilines is 1. The number of likely N-dealkylation sites (N-methyl/N-ethyl adjacent to an activating group) is 1. The van der Waals surface area contributed by atoms with Crippen molar-refractivity contribution in [3.63, 3.8) is 0 Å². The Hall–Kier alpha value is -1.64. The largest absolute Gasteiger partial charge is 0.312 e. The molecule has 0 radical (unpaired) electrons. The molecule has 1 amide bonds. The minimum absolute atomic E-state index is 0.126. The van der Waals surface area contributed by atoms with Crippen LogP contribution in [0.4, 0.5) is 10.1 Å². The molecule has 0 aliphatic rings. The molecule has 0 aromatic heterocycles. The fraction of sp³-hybridized carbons (Fsp3) is 0.182. The van der Waals surface area contributed by atoms with Gasteiger partial charge in [-0.15, -0.1) is 0 Å². The molecule has 1 aromatic carbocycles. The first-order valence-corrected chi connectivity index (χ1v) is 4.31. The number of hydrogen-bond acceptors (Lipinski definition) is 1. The first-order valence-electron chi connectivity index (χ1n) is 4.31. The number of hydrogen-bond donors (Lipinski definition) is 0. The first-order chi connectivity index (χ1) is 6.65. The summed E-state index contributed by atoms with van der Waals surface area (Å²) in [6.07, 6.45) is 3.13. The zero-order valence-corrected chi connectivity index (χ0v) is 8.20. The third-order valence-corrected chi connectivity index (χ3v) is 1.85. The summed E-state index contributed by atoms with van der Waals surface area (Å²) >= 11 is 0. The quantitative estimate of drug-likeness (QED) is 0.660. The van der Waals surface area contributed by atoms with Crippen molar-refractivity contribution in [3.8, 4) is 0 Å². The maximum Gasteiger partial charge on any atom is 0.250 e. The number of carbonyl (C=O) groups excluding carboxylic acids is 1. The number of carbonyl (C=O) groups is 1. The number of halogens is 1. The molecule has 0 saturated carbocycles. The van der Waals surface area contributed by atoms with Crippen LogP contribution in [0.15, 0.2) is 36.4 Å². The van der Waals surface area contributed by atoms with Crippen molar-refractivity contribution in [2.24, 2.45) is 0 Å². The Morgan fingerprint density at radius 3 is 2.43 bits per heavy atom. The highest BCUT2D eigenvalue weighted by Crippen LogP contribution is 2.13. The highest BCUT2D eigenvalue weighted by atomic mass is 19.1. The van der Waals surface area contributed by atoms with Crippen LogP contribution < -0.4 is 4.90 Å². The zero-order chi connectivity index (χ0) is 10.6. The van der Waals surface area contributed by atoms with Crippen LogP contribution in [0.1, 0.15) is 6.92 Å². The van der Waals surface area contributed by atoms with Crippen LogP contribution in [0.2, 0.25) is 0 Å². The second-order valence-corrected chi connectivity index (χ2v) is 2.87. The molecular formula is C11H12FNO. The van der Waals surface area contributed by atoms with Crippen LogP contribution in [0, 0.1) is 5.82 Å². The summed E-state index contributed by atoms with van der Waals surface area (Å²) in [7, 11) is 1.65. The summed E-state index contributed by atoms with van der Waals surface area (Å²) in [5.41, 5.74) is 0.675. The summed E-state index contributed by atoms with van der Waals surface area (Å²) in [5, 5.41) is 0. The standard InChI is InChI=1S/C11H12FNO/c1-3-4-11(14)13(2)10-7-5-9(12)6-8-10/h3-8H,1-2H3/b4-3+. The number of rotatable bonds is 2. The van der Waals surface area contributed by atoms with E-state index in [-0.39, 0.29) is 11.7 Å². The summed E-state index contributed by atoms with van der Waals surface area (Å²) < 4.78 is 12.6. The lowest BCUT2D eigenvalue weighted by molar-refractivity contribution is -0.113.